The molecular formula is C30H34N4. The van der Waals surface area contributed by atoms with Crippen LogP contribution in [0.15, 0.2) is 109 Å². The van der Waals surface area contributed by atoms with Crippen LogP contribution >= 0.6 is 0 Å². The number of nitrogens with zero attached hydrogens (tertiary/aromatic N) is 2. The van der Waals surface area contributed by atoms with Gasteiger partial charge in [0.05, 0.1) is 12.1 Å². The summed E-state index contributed by atoms with van der Waals surface area (Å²) in [6.45, 7) is 0. The molecule has 34 heavy (non-hydrogen) atoms. The van der Waals surface area contributed by atoms with Crippen LogP contribution in [-0.2, 0) is 0 Å². The molecule has 2 N–H and O–H groups in total. The van der Waals surface area contributed by atoms with Crippen LogP contribution in [0.5, 0.6) is 0 Å². The molecule has 4 aromatic rings. The Kier molecular flexibility index (Phi) is 7.38. The number of hydrogen-bond donors (Lipinski definition) is 2. The van der Waals surface area contributed by atoms with Crippen molar-refractivity contribution in [2.24, 2.45) is 0 Å². The maximum absolute atomic E-state index is 3.81. The number of benzene rings is 4. The van der Waals surface area contributed by atoms with Crippen LogP contribution in [0.3, 0.4) is 0 Å². The summed E-state index contributed by atoms with van der Waals surface area (Å²) in [6.07, 6.45) is 0. The number of nitrogens with one attached hydrogen (secondary N) is 2. The smallest absolute Gasteiger partial charge is 0.0757 e. The predicted octanol–water partition coefficient (Wildman–Crippen LogP) is 6.83. The molecule has 2 unspecified atom stereocenters. The summed E-state index contributed by atoms with van der Waals surface area (Å²) < 4.78 is 0. The second-order valence-corrected chi connectivity index (χ2v) is 8.95. The molecule has 4 heteroatoms. The molecule has 0 aromatic heterocycles. The third-order valence-electron chi connectivity index (χ3n) is 6.06. The summed E-state index contributed by atoms with van der Waals surface area (Å²) in [6, 6.07) is 38.5. The first-order valence-corrected chi connectivity index (χ1v) is 11.7. The highest BCUT2D eigenvalue weighted by Crippen LogP contribution is 2.36. The summed E-state index contributed by atoms with van der Waals surface area (Å²) in [5, 5.41) is 7.63. The van der Waals surface area contributed by atoms with Crippen molar-refractivity contribution in [2.45, 2.75) is 12.1 Å². The average molecular weight is 451 g/mol. The van der Waals surface area contributed by atoms with Gasteiger partial charge in [0.2, 0.25) is 0 Å². The van der Waals surface area contributed by atoms with E-state index in [2.05, 4.69) is 146 Å². The first kappa shape index (κ1) is 23.2. The minimum Gasteiger partial charge on any atom is -0.378 e. The van der Waals surface area contributed by atoms with Gasteiger partial charge in [-0.25, -0.2) is 0 Å². The Labute approximate surface area is 203 Å². The number of anilines is 4. The van der Waals surface area contributed by atoms with Crippen LogP contribution in [0.1, 0.15) is 23.2 Å². The first-order valence-electron chi connectivity index (χ1n) is 11.7. The minimum atomic E-state index is 0.00373. The molecule has 0 radical (unpaired) electrons. The van der Waals surface area contributed by atoms with E-state index < -0.39 is 0 Å². The van der Waals surface area contributed by atoms with Gasteiger partial charge in [0, 0.05) is 50.9 Å². The zero-order valence-electron chi connectivity index (χ0n) is 20.4. The summed E-state index contributed by atoms with van der Waals surface area (Å²) in [5.74, 6) is 0. The van der Waals surface area contributed by atoms with Crippen molar-refractivity contribution in [3.63, 3.8) is 0 Å². The lowest BCUT2D eigenvalue weighted by molar-refractivity contribution is 0.650. The largest absolute Gasteiger partial charge is 0.378 e. The Morgan fingerprint density at radius 2 is 0.765 bits per heavy atom. The lowest BCUT2D eigenvalue weighted by Gasteiger charge is -2.32. The average Bonchev–Trinajstić information content (AvgIpc) is 2.87. The Balaban J connectivity index is 1.78. The lowest BCUT2D eigenvalue weighted by atomic mass is 9.92. The highest BCUT2D eigenvalue weighted by atomic mass is 15.1. The number of hydrogen-bond acceptors (Lipinski definition) is 4. The van der Waals surface area contributed by atoms with E-state index in [1.807, 2.05) is 12.1 Å². The quantitative estimate of drug-likeness (QED) is 0.293. The molecular weight excluding hydrogens is 416 g/mol. The maximum Gasteiger partial charge on any atom is 0.0757 e. The van der Waals surface area contributed by atoms with Crippen molar-refractivity contribution < 1.29 is 0 Å². The Hall–Kier alpha value is -3.92. The molecule has 4 rings (SSSR count). The Morgan fingerprint density at radius 3 is 1.06 bits per heavy atom. The van der Waals surface area contributed by atoms with Gasteiger partial charge >= 0.3 is 0 Å². The minimum absolute atomic E-state index is 0.00373. The van der Waals surface area contributed by atoms with Gasteiger partial charge in [0.1, 0.15) is 0 Å². The van der Waals surface area contributed by atoms with Gasteiger partial charge in [-0.1, -0.05) is 60.7 Å². The van der Waals surface area contributed by atoms with E-state index >= 15 is 0 Å². The molecule has 0 saturated carbocycles. The van der Waals surface area contributed by atoms with E-state index in [-0.39, 0.29) is 12.1 Å². The monoisotopic (exact) mass is 450 g/mol. The molecule has 2 atom stereocenters. The van der Waals surface area contributed by atoms with Gasteiger partial charge in [0.15, 0.2) is 0 Å². The number of rotatable bonds is 9. The van der Waals surface area contributed by atoms with E-state index in [1.165, 1.54) is 22.5 Å². The normalized spacial score (nSPS) is 12.5. The van der Waals surface area contributed by atoms with Gasteiger partial charge in [0.25, 0.3) is 0 Å². The van der Waals surface area contributed by atoms with E-state index in [0.717, 1.165) is 11.4 Å². The summed E-state index contributed by atoms with van der Waals surface area (Å²) in [5.41, 5.74) is 7.00. The SMILES string of the molecule is CN(C)c1ccc(C(Nc2ccccc2)C(Nc2ccccc2)c2ccc(N(C)C)cc2)cc1. The predicted molar refractivity (Wildman–Crippen MR) is 147 cm³/mol. The van der Waals surface area contributed by atoms with E-state index in [0.29, 0.717) is 0 Å². The van der Waals surface area contributed by atoms with Crippen LogP contribution in [-0.4, -0.2) is 28.2 Å². The highest BCUT2D eigenvalue weighted by Gasteiger charge is 2.25. The second kappa shape index (κ2) is 10.8. The molecule has 0 aliphatic heterocycles. The second-order valence-electron chi connectivity index (χ2n) is 8.95. The Morgan fingerprint density at radius 1 is 0.441 bits per heavy atom. The summed E-state index contributed by atoms with van der Waals surface area (Å²) >= 11 is 0. The molecule has 0 aliphatic rings. The van der Waals surface area contributed by atoms with Gasteiger partial charge in [-0.05, 0) is 59.7 Å². The Bertz CT molecular complexity index is 1040. The lowest BCUT2D eigenvalue weighted by Crippen LogP contribution is -2.26. The topological polar surface area (TPSA) is 30.5 Å². The number of para-hydroxylation sites is 2. The van der Waals surface area contributed by atoms with Crippen LogP contribution in [0.4, 0.5) is 22.7 Å². The molecule has 0 saturated heterocycles. The van der Waals surface area contributed by atoms with Gasteiger partial charge in [-0.3, -0.25) is 0 Å². The van der Waals surface area contributed by atoms with Crippen molar-refractivity contribution in [1.29, 1.82) is 0 Å². The third kappa shape index (κ3) is 5.70. The first-order chi connectivity index (χ1) is 16.5. The molecule has 4 nitrogen and oxygen atoms in total. The maximum atomic E-state index is 3.81. The molecule has 4 aromatic carbocycles. The van der Waals surface area contributed by atoms with Gasteiger partial charge in [-0.2, -0.15) is 0 Å². The highest BCUT2D eigenvalue weighted by molar-refractivity contribution is 5.55. The van der Waals surface area contributed by atoms with Crippen LogP contribution in [0.2, 0.25) is 0 Å². The standard InChI is InChI=1S/C30H34N4/c1-33(2)27-19-15-23(16-20-27)29(31-25-11-7-5-8-12-25)30(32-26-13-9-6-10-14-26)24-17-21-28(22-18-24)34(3)4/h5-22,29-32H,1-4H3. The van der Waals surface area contributed by atoms with Crippen molar-refractivity contribution in [1.82, 2.24) is 0 Å². The molecule has 0 bridgehead atoms. The fourth-order valence-corrected chi connectivity index (χ4v) is 4.11. The molecule has 0 amide bonds. The molecule has 0 aliphatic carbocycles. The van der Waals surface area contributed by atoms with Crippen molar-refractivity contribution in [3.05, 3.63) is 120 Å². The van der Waals surface area contributed by atoms with Crippen molar-refractivity contribution in [3.8, 4) is 0 Å². The molecule has 0 spiro atoms. The molecule has 0 heterocycles. The zero-order chi connectivity index (χ0) is 23.9. The fraction of sp³-hybridized carbons (Fsp3) is 0.200. The van der Waals surface area contributed by atoms with E-state index in [9.17, 15) is 0 Å². The van der Waals surface area contributed by atoms with E-state index in [1.54, 1.807) is 0 Å². The zero-order valence-corrected chi connectivity index (χ0v) is 20.4. The van der Waals surface area contributed by atoms with E-state index in [4.69, 9.17) is 0 Å². The summed E-state index contributed by atoms with van der Waals surface area (Å²) in [7, 11) is 8.28. The van der Waals surface area contributed by atoms with Crippen LogP contribution < -0.4 is 20.4 Å². The molecule has 174 valence electrons. The van der Waals surface area contributed by atoms with Crippen molar-refractivity contribution >= 4 is 22.7 Å². The molecule has 0 fully saturated rings. The van der Waals surface area contributed by atoms with Crippen LogP contribution in [0, 0.1) is 0 Å². The fourth-order valence-electron chi connectivity index (χ4n) is 4.11. The third-order valence-corrected chi connectivity index (χ3v) is 6.06. The van der Waals surface area contributed by atoms with Gasteiger partial charge < -0.3 is 20.4 Å². The van der Waals surface area contributed by atoms with Gasteiger partial charge in [-0.15, -0.1) is 0 Å². The summed E-state index contributed by atoms with van der Waals surface area (Å²) in [4.78, 5) is 4.26. The van der Waals surface area contributed by atoms with Crippen molar-refractivity contribution in [2.75, 3.05) is 48.6 Å². The van der Waals surface area contributed by atoms with Crippen LogP contribution in [0.25, 0.3) is 0 Å².